The molecule has 0 unspecified atom stereocenters. The number of hydrogen-bond acceptors (Lipinski definition) is 5. The third kappa shape index (κ3) is 5.03. The van der Waals surface area contributed by atoms with Gasteiger partial charge in [-0.1, -0.05) is 140 Å². The first-order valence-corrected chi connectivity index (χ1v) is 21.2. The Hall–Kier alpha value is -8.61. The van der Waals surface area contributed by atoms with Crippen molar-refractivity contribution in [1.82, 2.24) is 19.5 Å². The second kappa shape index (κ2) is 12.9. The summed E-state index contributed by atoms with van der Waals surface area (Å²) in [5, 5.41) is 13.4. The van der Waals surface area contributed by atoms with Gasteiger partial charge in [-0.3, -0.25) is 0 Å². The third-order valence-corrected chi connectivity index (χ3v) is 12.8. The van der Waals surface area contributed by atoms with E-state index in [-0.39, 0.29) is 0 Å². The van der Waals surface area contributed by atoms with E-state index >= 15 is 0 Å². The van der Waals surface area contributed by atoms with Crippen molar-refractivity contribution in [3.8, 4) is 39.9 Å². The minimum atomic E-state index is 0.564. The quantitative estimate of drug-likeness (QED) is 0.177. The van der Waals surface area contributed by atoms with Gasteiger partial charge < -0.3 is 13.4 Å². The Morgan fingerprint density at radius 2 is 1.00 bits per heavy atom. The number of para-hydroxylation sites is 1. The zero-order chi connectivity index (χ0) is 41.2. The number of fused-ring (bicyclic) bond motifs is 14. The van der Waals surface area contributed by atoms with E-state index in [9.17, 15) is 0 Å². The molecule has 292 valence electrons. The van der Waals surface area contributed by atoms with E-state index in [2.05, 4.69) is 126 Å². The maximum Gasteiger partial charge on any atom is 0.164 e. The molecular weight excluding hydrogens is 773 g/mol. The Labute approximate surface area is 358 Å². The molecule has 0 fully saturated rings. The molecule has 0 amide bonds. The van der Waals surface area contributed by atoms with Crippen LogP contribution in [0.2, 0.25) is 0 Å². The molecule has 0 bridgehead atoms. The summed E-state index contributed by atoms with van der Waals surface area (Å²) in [5.74, 6) is 1.73. The van der Waals surface area contributed by atoms with E-state index in [1.54, 1.807) is 0 Å². The summed E-state index contributed by atoms with van der Waals surface area (Å²) in [4.78, 5) is 15.6. The summed E-state index contributed by atoms with van der Waals surface area (Å²) in [7, 11) is 0. The topological polar surface area (TPSA) is 69.9 Å². The fraction of sp³-hybridized carbons (Fsp3) is 0. The van der Waals surface area contributed by atoms with Crippen LogP contribution >= 0.6 is 0 Å². The molecule has 14 aromatic rings. The highest BCUT2D eigenvalue weighted by Crippen LogP contribution is 2.45. The highest BCUT2D eigenvalue weighted by atomic mass is 16.3. The van der Waals surface area contributed by atoms with Gasteiger partial charge in [-0.15, -0.1) is 0 Å². The predicted octanol–water partition coefficient (Wildman–Crippen LogP) is 15.2. The van der Waals surface area contributed by atoms with Gasteiger partial charge in [-0.25, -0.2) is 15.0 Å². The third-order valence-electron chi connectivity index (χ3n) is 12.8. The first kappa shape index (κ1) is 34.1. The van der Waals surface area contributed by atoms with Crippen LogP contribution in [0.3, 0.4) is 0 Å². The lowest BCUT2D eigenvalue weighted by Gasteiger charge is -2.13. The van der Waals surface area contributed by atoms with E-state index in [0.29, 0.717) is 17.5 Å². The lowest BCUT2D eigenvalue weighted by molar-refractivity contribution is 0.669. The van der Waals surface area contributed by atoms with Crippen LogP contribution in [0.25, 0.3) is 138 Å². The van der Waals surface area contributed by atoms with Crippen LogP contribution in [0.4, 0.5) is 0 Å². The van der Waals surface area contributed by atoms with Crippen LogP contribution in [0.15, 0.2) is 203 Å². The second-order valence-electron chi connectivity index (χ2n) is 16.3. The molecule has 14 rings (SSSR count). The average Bonchev–Trinajstić information content (AvgIpc) is 4.02. The highest BCUT2D eigenvalue weighted by molar-refractivity contribution is 6.25. The molecule has 4 aromatic heterocycles. The minimum absolute atomic E-state index is 0.564. The Balaban J connectivity index is 1.07. The fourth-order valence-corrected chi connectivity index (χ4v) is 9.94. The van der Waals surface area contributed by atoms with Gasteiger partial charge in [-0.2, -0.15) is 0 Å². The molecule has 0 spiro atoms. The van der Waals surface area contributed by atoms with Crippen molar-refractivity contribution in [2.75, 3.05) is 0 Å². The summed E-state index contributed by atoms with van der Waals surface area (Å²) in [6, 6.07) is 68.1. The van der Waals surface area contributed by atoms with Crippen molar-refractivity contribution in [3.05, 3.63) is 194 Å². The molecule has 63 heavy (non-hydrogen) atoms. The van der Waals surface area contributed by atoms with Crippen LogP contribution in [0, 0.1) is 0 Å². The van der Waals surface area contributed by atoms with E-state index in [1.165, 1.54) is 32.3 Å². The van der Waals surface area contributed by atoms with Crippen molar-refractivity contribution < 1.29 is 8.83 Å². The molecule has 0 radical (unpaired) electrons. The van der Waals surface area contributed by atoms with E-state index < -0.39 is 0 Å². The minimum Gasteiger partial charge on any atom is -0.456 e. The van der Waals surface area contributed by atoms with Gasteiger partial charge in [0.05, 0.1) is 16.7 Å². The van der Waals surface area contributed by atoms with Gasteiger partial charge in [0.25, 0.3) is 0 Å². The summed E-state index contributed by atoms with van der Waals surface area (Å²) in [6.07, 6.45) is 0. The molecule has 0 aliphatic heterocycles. The van der Waals surface area contributed by atoms with Gasteiger partial charge in [0.1, 0.15) is 22.3 Å². The van der Waals surface area contributed by atoms with E-state index in [1.807, 2.05) is 72.8 Å². The molecule has 4 heterocycles. The van der Waals surface area contributed by atoms with E-state index in [4.69, 9.17) is 23.8 Å². The van der Waals surface area contributed by atoms with Gasteiger partial charge in [-0.05, 0) is 76.1 Å². The molecular formula is C57H32N4O2. The molecule has 0 N–H and O–H groups in total. The monoisotopic (exact) mass is 804 g/mol. The molecule has 6 heteroatoms. The number of furan rings is 2. The Kier molecular flexibility index (Phi) is 7.02. The van der Waals surface area contributed by atoms with Gasteiger partial charge in [0.15, 0.2) is 17.5 Å². The largest absolute Gasteiger partial charge is 0.456 e. The van der Waals surface area contributed by atoms with Crippen molar-refractivity contribution in [2.45, 2.75) is 0 Å². The maximum absolute atomic E-state index is 6.91. The van der Waals surface area contributed by atoms with Crippen LogP contribution < -0.4 is 0 Å². The van der Waals surface area contributed by atoms with Crippen molar-refractivity contribution in [1.29, 1.82) is 0 Å². The van der Waals surface area contributed by atoms with Crippen molar-refractivity contribution in [2.24, 2.45) is 0 Å². The Morgan fingerprint density at radius 1 is 0.333 bits per heavy atom. The number of benzene rings is 10. The predicted molar refractivity (Wildman–Crippen MR) is 258 cm³/mol. The molecule has 0 aliphatic rings. The normalized spacial score (nSPS) is 12.1. The highest BCUT2D eigenvalue weighted by Gasteiger charge is 2.23. The molecule has 0 saturated heterocycles. The molecule has 6 nitrogen and oxygen atoms in total. The zero-order valence-corrected chi connectivity index (χ0v) is 33.6. The van der Waals surface area contributed by atoms with Crippen molar-refractivity contribution in [3.63, 3.8) is 0 Å². The lowest BCUT2D eigenvalue weighted by Crippen LogP contribution is -2.00. The zero-order valence-electron chi connectivity index (χ0n) is 33.6. The summed E-state index contributed by atoms with van der Waals surface area (Å²) in [6.45, 7) is 0. The molecule has 0 aliphatic carbocycles. The van der Waals surface area contributed by atoms with E-state index in [0.717, 1.165) is 88.1 Å². The Bertz CT molecular complexity index is 4220. The number of hydrogen-bond donors (Lipinski definition) is 0. The first-order chi connectivity index (χ1) is 31.2. The SMILES string of the molecule is c1ccc(-c2nc(-c3ccc4oc5ccccc5c4c3)nc(-c3cccc4oc5c6ccccc6c(-n6c7cc8ccccc8cc7c7c8ccccc8ccc76)cc5c34)n2)cc1. The van der Waals surface area contributed by atoms with Crippen LogP contribution in [-0.2, 0) is 0 Å². The second-order valence-corrected chi connectivity index (χ2v) is 16.3. The van der Waals surface area contributed by atoms with Gasteiger partial charge in [0.2, 0.25) is 0 Å². The summed E-state index contributed by atoms with van der Waals surface area (Å²) in [5.41, 5.74) is 9.26. The van der Waals surface area contributed by atoms with Crippen LogP contribution in [0.5, 0.6) is 0 Å². The standard InChI is InChI=1S/C57H32N4O2/c1-2-14-34(15-3-1)55-58-56(37-26-28-50-43(30-37)40-20-10-11-23-49(40)62-50)60-57(59-55)42-22-12-24-51-53(42)45-32-48(39-19-8-9-21-41(39)54(45)63-51)61-46-27-25-33-13-6-7-18-38(33)52(46)44-29-35-16-4-5-17-36(35)31-47(44)61/h1-32H. The number of nitrogens with zero attached hydrogens (tertiary/aromatic N) is 4. The fourth-order valence-electron chi connectivity index (χ4n) is 9.94. The van der Waals surface area contributed by atoms with Crippen LogP contribution in [0.1, 0.15) is 0 Å². The smallest absolute Gasteiger partial charge is 0.164 e. The first-order valence-electron chi connectivity index (χ1n) is 21.2. The number of rotatable bonds is 4. The molecule has 0 saturated carbocycles. The lowest BCUT2D eigenvalue weighted by atomic mass is 10.0. The van der Waals surface area contributed by atoms with Gasteiger partial charge in [0, 0.05) is 59.8 Å². The average molecular weight is 805 g/mol. The molecule has 10 aromatic carbocycles. The Morgan fingerprint density at radius 3 is 1.86 bits per heavy atom. The summed E-state index contributed by atoms with van der Waals surface area (Å²) < 4.78 is 15.6. The number of aromatic nitrogens is 4. The maximum atomic E-state index is 6.91. The van der Waals surface area contributed by atoms with Crippen molar-refractivity contribution >= 4 is 98.0 Å². The molecule has 0 atom stereocenters. The van der Waals surface area contributed by atoms with Crippen LogP contribution in [-0.4, -0.2) is 19.5 Å². The van der Waals surface area contributed by atoms with Gasteiger partial charge >= 0.3 is 0 Å². The summed E-state index contributed by atoms with van der Waals surface area (Å²) >= 11 is 0.